The molecule has 0 fully saturated rings. The largest absolute Gasteiger partial charge is 0.508 e. The molecule has 0 atom stereocenters. The third-order valence-corrected chi connectivity index (χ3v) is 4.02. The Morgan fingerprint density at radius 2 is 1.29 bits per heavy atom. The van der Waals surface area contributed by atoms with Crippen molar-refractivity contribution in [2.75, 3.05) is 0 Å². The highest BCUT2D eigenvalue weighted by Crippen LogP contribution is 2.36. The van der Waals surface area contributed by atoms with Crippen LogP contribution in [-0.4, -0.2) is 22.1 Å². The Bertz CT molecular complexity index is 943. The van der Waals surface area contributed by atoms with Crippen LogP contribution >= 0.6 is 0 Å². The predicted octanol–water partition coefficient (Wildman–Crippen LogP) is 3.95. The summed E-state index contributed by atoms with van der Waals surface area (Å²) < 4.78 is 0. The van der Waals surface area contributed by atoms with E-state index in [2.05, 4.69) is 22.3 Å². The van der Waals surface area contributed by atoms with Crippen molar-refractivity contribution in [2.24, 2.45) is 10.2 Å². The molecule has 1 aliphatic carbocycles. The molecule has 2 N–H and O–H groups in total. The lowest BCUT2D eigenvalue weighted by atomic mass is 10.1. The lowest BCUT2D eigenvalue weighted by molar-refractivity contribution is 0.450. The Morgan fingerprint density at radius 3 is 1.88 bits per heavy atom. The Hall–Kier alpha value is -3.40. The third-order valence-electron chi connectivity index (χ3n) is 4.02. The monoisotopic (exact) mass is 314 g/mol. The molecule has 0 aromatic heterocycles. The fraction of sp³-hybridized carbons (Fsp3) is 0. The highest BCUT2D eigenvalue weighted by atomic mass is 16.3. The minimum atomic E-state index is -0.0360. The molecule has 24 heavy (non-hydrogen) atoms. The predicted molar refractivity (Wildman–Crippen MR) is 94.9 cm³/mol. The Morgan fingerprint density at radius 1 is 0.708 bits per heavy atom. The van der Waals surface area contributed by atoms with Crippen molar-refractivity contribution in [1.82, 2.24) is 0 Å². The van der Waals surface area contributed by atoms with Gasteiger partial charge in [-0.05, 0) is 23.3 Å². The molecule has 116 valence electrons. The van der Waals surface area contributed by atoms with Crippen LogP contribution in [0.15, 0.2) is 76.9 Å². The van der Waals surface area contributed by atoms with E-state index in [0.717, 1.165) is 28.0 Å². The van der Waals surface area contributed by atoms with Crippen LogP contribution in [0.1, 0.15) is 16.7 Å². The minimum absolute atomic E-state index is 0.00890. The first kappa shape index (κ1) is 14.2. The molecule has 3 aromatic rings. The number of nitrogens with zero attached hydrogens (tertiary/aromatic N) is 2. The quantitative estimate of drug-likeness (QED) is 0.434. The average molecular weight is 314 g/mol. The summed E-state index contributed by atoms with van der Waals surface area (Å²) in [5.41, 5.74) is 5.70. The number of phenolic OH excluding ortho intramolecular Hbond substituents is 2. The Labute approximate surface area is 139 Å². The molecule has 0 saturated heterocycles. The summed E-state index contributed by atoms with van der Waals surface area (Å²) in [5.74, 6) is -0.0271. The van der Waals surface area contributed by atoms with Crippen molar-refractivity contribution in [1.29, 1.82) is 0 Å². The van der Waals surface area contributed by atoms with Crippen LogP contribution in [0.2, 0.25) is 0 Å². The molecular weight excluding hydrogens is 300 g/mol. The number of phenols is 2. The standard InChI is InChI=1S/C20H14N2O2/c23-14-10-9-13(19(24)11-14)12-21-22-20-17-7-3-1-5-15(17)16-6-2-4-8-18(16)20/h1-12,23-24H. The summed E-state index contributed by atoms with van der Waals surface area (Å²) in [6.07, 6.45) is 1.48. The fourth-order valence-electron chi connectivity index (χ4n) is 2.89. The van der Waals surface area contributed by atoms with Gasteiger partial charge in [0, 0.05) is 22.8 Å². The topological polar surface area (TPSA) is 65.2 Å². The summed E-state index contributed by atoms with van der Waals surface area (Å²) in [7, 11) is 0. The van der Waals surface area contributed by atoms with E-state index in [-0.39, 0.29) is 11.5 Å². The van der Waals surface area contributed by atoms with Crippen LogP contribution in [0, 0.1) is 0 Å². The van der Waals surface area contributed by atoms with Gasteiger partial charge in [0.15, 0.2) is 0 Å². The van der Waals surface area contributed by atoms with Gasteiger partial charge in [0.25, 0.3) is 0 Å². The van der Waals surface area contributed by atoms with E-state index in [1.54, 1.807) is 6.07 Å². The zero-order valence-corrected chi connectivity index (χ0v) is 12.7. The van der Waals surface area contributed by atoms with Crippen molar-refractivity contribution in [2.45, 2.75) is 0 Å². The number of fused-ring (bicyclic) bond motifs is 3. The molecule has 0 radical (unpaired) electrons. The van der Waals surface area contributed by atoms with Gasteiger partial charge in [0.2, 0.25) is 0 Å². The summed E-state index contributed by atoms with van der Waals surface area (Å²) in [4.78, 5) is 0. The summed E-state index contributed by atoms with van der Waals surface area (Å²) in [5, 5.41) is 27.6. The zero-order valence-electron chi connectivity index (χ0n) is 12.7. The first-order valence-corrected chi connectivity index (χ1v) is 7.56. The van der Waals surface area contributed by atoms with Crippen LogP contribution in [0.3, 0.4) is 0 Å². The van der Waals surface area contributed by atoms with E-state index in [9.17, 15) is 10.2 Å². The molecule has 0 aliphatic heterocycles. The molecule has 3 aromatic carbocycles. The maximum Gasteiger partial charge on any atom is 0.128 e. The van der Waals surface area contributed by atoms with E-state index in [1.807, 2.05) is 36.4 Å². The molecule has 0 heterocycles. The smallest absolute Gasteiger partial charge is 0.128 e. The normalized spacial score (nSPS) is 12.2. The number of aromatic hydroxyl groups is 2. The van der Waals surface area contributed by atoms with Gasteiger partial charge in [-0.15, -0.1) is 5.10 Å². The van der Waals surface area contributed by atoms with E-state index < -0.39 is 0 Å². The van der Waals surface area contributed by atoms with Crippen LogP contribution in [-0.2, 0) is 0 Å². The van der Waals surface area contributed by atoms with E-state index in [0.29, 0.717) is 5.56 Å². The van der Waals surface area contributed by atoms with Crippen molar-refractivity contribution in [3.8, 4) is 22.6 Å². The SMILES string of the molecule is Oc1ccc(C=NN=C2c3ccccc3-c3ccccc32)c(O)c1. The number of benzene rings is 3. The van der Waals surface area contributed by atoms with E-state index in [1.165, 1.54) is 18.3 Å². The van der Waals surface area contributed by atoms with Crippen molar-refractivity contribution in [3.63, 3.8) is 0 Å². The lowest BCUT2D eigenvalue weighted by Crippen LogP contribution is -1.97. The van der Waals surface area contributed by atoms with Gasteiger partial charge in [0.05, 0.1) is 6.21 Å². The first-order chi connectivity index (χ1) is 11.7. The van der Waals surface area contributed by atoms with Gasteiger partial charge >= 0.3 is 0 Å². The summed E-state index contributed by atoms with van der Waals surface area (Å²) in [6.45, 7) is 0. The number of hydrogen-bond donors (Lipinski definition) is 2. The Kier molecular flexibility index (Phi) is 3.35. The highest BCUT2D eigenvalue weighted by molar-refractivity contribution is 6.24. The van der Waals surface area contributed by atoms with Gasteiger partial charge in [-0.25, -0.2) is 0 Å². The molecule has 0 spiro atoms. The van der Waals surface area contributed by atoms with Gasteiger partial charge in [0.1, 0.15) is 17.2 Å². The highest BCUT2D eigenvalue weighted by Gasteiger charge is 2.23. The third kappa shape index (κ3) is 2.34. The maximum absolute atomic E-state index is 9.80. The molecule has 0 amide bonds. The number of hydrogen-bond acceptors (Lipinski definition) is 4. The molecule has 4 nitrogen and oxygen atoms in total. The van der Waals surface area contributed by atoms with Gasteiger partial charge in [-0.2, -0.15) is 5.10 Å². The second-order valence-electron chi connectivity index (χ2n) is 5.53. The van der Waals surface area contributed by atoms with E-state index in [4.69, 9.17) is 0 Å². The maximum atomic E-state index is 9.80. The average Bonchev–Trinajstić information content (AvgIpc) is 2.91. The summed E-state index contributed by atoms with van der Waals surface area (Å²) in [6, 6.07) is 20.5. The van der Waals surface area contributed by atoms with Crippen LogP contribution in [0.4, 0.5) is 0 Å². The lowest BCUT2D eigenvalue weighted by Gasteiger charge is -1.99. The molecule has 4 rings (SSSR count). The summed E-state index contributed by atoms with van der Waals surface area (Å²) >= 11 is 0. The Balaban J connectivity index is 1.76. The molecule has 1 aliphatic rings. The van der Waals surface area contributed by atoms with Crippen LogP contribution < -0.4 is 0 Å². The van der Waals surface area contributed by atoms with E-state index >= 15 is 0 Å². The van der Waals surface area contributed by atoms with Gasteiger partial charge in [-0.3, -0.25) is 0 Å². The van der Waals surface area contributed by atoms with Crippen molar-refractivity contribution in [3.05, 3.63) is 83.4 Å². The minimum Gasteiger partial charge on any atom is -0.508 e. The zero-order chi connectivity index (χ0) is 16.5. The number of rotatable bonds is 2. The van der Waals surface area contributed by atoms with Crippen molar-refractivity contribution < 1.29 is 10.2 Å². The molecule has 4 heteroatoms. The molecular formula is C20H14N2O2. The second-order valence-corrected chi connectivity index (χ2v) is 5.53. The molecule has 0 unspecified atom stereocenters. The van der Waals surface area contributed by atoms with Gasteiger partial charge in [-0.1, -0.05) is 48.5 Å². The van der Waals surface area contributed by atoms with Crippen LogP contribution in [0.5, 0.6) is 11.5 Å². The molecule has 0 saturated carbocycles. The second kappa shape index (κ2) is 5.66. The van der Waals surface area contributed by atoms with Crippen molar-refractivity contribution >= 4 is 11.9 Å². The first-order valence-electron chi connectivity index (χ1n) is 7.56. The van der Waals surface area contributed by atoms with Gasteiger partial charge < -0.3 is 10.2 Å². The molecule has 0 bridgehead atoms. The fourth-order valence-corrected chi connectivity index (χ4v) is 2.89. The van der Waals surface area contributed by atoms with Crippen LogP contribution in [0.25, 0.3) is 11.1 Å².